The van der Waals surface area contributed by atoms with E-state index in [1.165, 1.54) is 21.3 Å². The highest BCUT2D eigenvalue weighted by atomic mass is 35.5. The zero-order valence-electron chi connectivity index (χ0n) is 51.3. The second kappa shape index (κ2) is 26.7. The van der Waals surface area contributed by atoms with Crippen molar-refractivity contribution >= 4 is 121 Å². The Bertz CT molecular complexity index is 4080. The number of hydrogen-bond donors (Lipinski definition) is 5. The summed E-state index contributed by atoms with van der Waals surface area (Å²) in [6.07, 6.45) is 1.79. The number of nitrogens with one attached hydrogen (secondary N) is 5. The largest absolute Gasteiger partial charge is 0.488 e. The maximum absolute atomic E-state index is 13.6. The van der Waals surface area contributed by atoms with Gasteiger partial charge in [0.05, 0.1) is 29.3 Å². The molecule has 20 nitrogen and oxygen atoms in total. The van der Waals surface area contributed by atoms with Crippen LogP contribution in [0.2, 0.25) is 0 Å². The van der Waals surface area contributed by atoms with E-state index in [-0.39, 0.29) is 67.6 Å². The summed E-state index contributed by atoms with van der Waals surface area (Å²) in [7, 11) is 3.26. The van der Waals surface area contributed by atoms with Crippen LogP contribution in [-0.4, -0.2) is 93.5 Å². The predicted octanol–water partition coefficient (Wildman–Crippen LogP) is 13.0. The number of aryl methyl sites for hydroxylation is 2. The van der Waals surface area contributed by atoms with Crippen molar-refractivity contribution < 1.29 is 52.5 Å². The van der Waals surface area contributed by atoms with Crippen molar-refractivity contribution in [3.63, 3.8) is 0 Å². The molecule has 2 atom stereocenters. The molecule has 0 fully saturated rings. The maximum Gasteiger partial charge on any atom is 0.414 e. The summed E-state index contributed by atoms with van der Waals surface area (Å²) in [5, 5.41) is 17.0. The van der Waals surface area contributed by atoms with Gasteiger partial charge in [0.1, 0.15) is 47.3 Å². The van der Waals surface area contributed by atoms with Gasteiger partial charge in [-0.15, -0.1) is 23.2 Å². The molecule has 0 saturated heterocycles. The van der Waals surface area contributed by atoms with Crippen molar-refractivity contribution in [1.29, 1.82) is 0 Å². The van der Waals surface area contributed by atoms with Gasteiger partial charge in [0.15, 0.2) is 0 Å². The van der Waals surface area contributed by atoms with Gasteiger partial charge in [0.2, 0.25) is 17.7 Å². The number of halogens is 2. The van der Waals surface area contributed by atoms with Gasteiger partial charge in [-0.05, 0) is 111 Å². The Labute approximate surface area is 531 Å². The molecule has 22 heteroatoms. The molecule has 2 aliphatic heterocycles. The van der Waals surface area contributed by atoms with E-state index in [1.54, 1.807) is 60.6 Å². The van der Waals surface area contributed by atoms with Gasteiger partial charge in [-0.25, -0.2) is 9.59 Å². The summed E-state index contributed by atoms with van der Waals surface area (Å²) in [6, 6.07) is 36.7. The molecule has 7 amide bonds. The second-order valence-corrected chi connectivity index (χ2v) is 24.9. The minimum Gasteiger partial charge on any atom is -0.488 e. The van der Waals surface area contributed by atoms with E-state index >= 15 is 0 Å². The van der Waals surface area contributed by atoms with Crippen LogP contribution in [0.4, 0.5) is 43.7 Å². The molecule has 6 aromatic carbocycles. The van der Waals surface area contributed by atoms with Crippen LogP contribution in [0, 0.1) is 0 Å². The van der Waals surface area contributed by atoms with Gasteiger partial charge in [-0.2, -0.15) is 0 Å². The third-order valence-corrected chi connectivity index (χ3v) is 15.8. The molecule has 2 aliphatic rings. The number of fused-ring (bicyclic) bond motifs is 6. The molecule has 0 radical (unpaired) electrons. The minimum absolute atomic E-state index is 0.158. The average molecular weight is 1260 g/mol. The summed E-state index contributed by atoms with van der Waals surface area (Å²) in [5.74, 6) is -1.44. The average Bonchev–Trinajstić information content (AvgIpc) is 1.52. The van der Waals surface area contributed by atoms with Crippen LogP contribution in [0.3, 0.4) is 0 Å². The van der Waals surface area contributed by atoms with Gasteiger partial charge in [-0.1, -0.05) is 72.8 Å². The first-order valence-corrected chi connectivity index (χ1v) is 30.5. The van der Waals surface area contributed by atoms with Crippen LogP contribution in [0.1, 0.15) is 109 Å². The molecule has 0 spiro atoms. The molecule has 2 aromatic heterocycles. The number of alkyl halides is 2. The Balaban J connectivity index is 0.740. The molecule has 8 aromatic rings. The van der Waals surface area contributed by atoms with Crippen molar-refractivity contribution in [1.82, 2.24) is 14.5 Å². The monoisotopic (exact) mass is 1260 g/mol. The van der Waals surface area contributed by atoms with E-state index in [2.05, 4.69) is 26.6 Å². The second-order valence-electron chi connectivity index (χ2n) is 24.3. The van der Waals surface area contributed by atoms with Crippen LogP contribution in [-0.2, 0) is 51.2 Å². The molecular formula is C68H71Cl2N9O11. The Morgan fingerprint density at radius 2 is 0.900 bits per heavy atom. The first-order valence-electron chi connectivity index (χ1n) is 29.4. The Hall–Kier alpha value is -9.53. The molecule has 0 aliphatic carbocycles. The molecule has 0 bridgehead atoms. The molecule has 468 valence electrons. The third kappa shape index (κ3) is 14.8. The highest BCUT2D eigenvalue weighted by Gasteiger charge is 2.39. The maximum atomic E-state index is 13.6. The number of rotatable bonds is 19. The lowest BCUT2D eigenvalue weighted by atomic mass is 9.95. The number of benzene rings is 6. The fourth-order valence-corrected chi connectivity index (χ4v) is 11.6. The van der Waals surface area contributed by atoms with E-state index < -0.39 is 52.9 Å². The molecule has 10 rings (SSSR count). The fraction of sp³-hybridized carbons (Fsp3) is 0.309. The molecule has 90 heavy (non-hydrogen) atoms. The summed E-state index contributed by atoms with van der Waals surface area (Å²) >= 11 is 13.1. The Morgan fingerprint density at radius 1 is 0.489 bits per heavy atom. The van der Waals surface area contributed by atoms with E-state index in [4.69, 9.17) is 42.1 Å². The fourth-order valence-electron chi connectivity index (χ4n) is 11.1. The van der Waals surface area contributed by atoms with Crippen LogP contribution in [0.5, 0.6) is 11.5 Å². The van der Waals surface area contributed by atoms with Gasteiger partial charge >= 0.3 is 12.2 Å². The number of anilines is 6. The number of amides is 7. The lowest BCUT2D eigenvalue weighted by Gasteiger charge is -2.25. The highest BCUT2D eigenvalue weighted by Crippen LogP contribution is 2.49. The Morgan fingerprint density at radius 3 is 1.33 bits per heavy atom. The van der Waals surface area contributed by atoms with Crippen molar-refractivity contribution in [2.45, 2.75) is 90.6 Å². The standard InChI is InChI=1S/C68H71Cl2N9O11/c1-67(2,3)89-65(85)78-34-42(31-69)61-48-21-19-44(25-50(48)56(29-52(61)78)87-38-40-15-11-9-12-16-40)72-58(80)23-24-59(81)74-46-27-55(77(8)36-46)64(84)75-47-28-54(76(7)37-47)63(83)71-33-60(82)73-45-20-22-49-51(26-45)57(88-39-41-17-13-10-14-18-41)30-53-62(49)43(32-70)35-79(53)66(86)90-68(4,5)6/h9-22,25-30,36-37,42-43H,23-24,31-35,38-39H2,1-8H3,(H,71,83)(H,72,80)(H,73,82)(H,74,81)(H,75,84). The van der Waals surface area contributed by atoms with E-state index in [0.717, 1.165) is 33.0 Å². The number of nitrogens with zero attached hydrogens (tertiary/aromatic N) is 4. The molecule has 2 unspecified atom stereocenters. The predicted molar refractivity (Wildman–Crippen MR) is 350 cm³/mol. The first kappa shape index (κ1) is 63.5. The van der Waals surface area contributed by atoms with E-state index in [0.29, 0.717) is 69.5 Å². The quantitative estimate of drug-likeness (QED) is 0.0478. The summed E-state index contributed by atoms with van der Waals surface area (Å²) in [5.41, 5.74) is 5.28. The van der Waals surface area contributed by atoms with E-state index in [1.807, 2.05) is 126 Å². The number of carbonyl (C=O) groups is 7. The Kier molecular flexibility index (Phi) is 18.8. The normalized spacial score (nSPS) is 14.4. The lowest BCUT2D eigenvalue weighted by molar-refractivity contribution is -0.121. The summed E-state index contributed by atoms with van der Waals surface area (Å²) in [6.45, 7) is 11.6. The van der Waals surface area contributed by atoms with Crippen LogP contribution in [0.15, 0.2) is 134 Å². The third-order valence-electron chi connectivity index (χ3n) is 15.1. The van der Waals surface area contributed by atoms with Crippen molar-refractivity contribution in [2.24, 2.45) is 14.1 Å². The molecular weight excluding hydrogens is 1190 g/mol. The van der Waals surface area contributed by atoms with Gasteiger partial charge in [-0.3, -0.25) is 33.8 Å². The lowest BCUT2D eigenvalue weighted by Crippen LogP contribution is -2.36. The molecule has 0 saturated carbocycles. The van der Waals surface area contributed by atoms with Crippen LogP contribution < -0.4 is 45.9 Å². The topological polar surface area (TPSA) is 233 Å². The van der Waals surface area contributed by atoms with Crippen molar-refractivity contribution in [3.05, 3.63) is 167 Å². The molecule has 4 heterocycles. The van der Waals surface area contributed by atoms with Crippen LogP contribution >= 0.6 is 23.2 Å². The van der Waals surface area contributed by atoms with Gasteiger partial charge in [0.25, 0.3) is 11.8 Å². The molecule has 5 N–H and O–H groups in total. The summed E-state index contributed by atoms with van der Waals surface area (Å²) < 4.78 is 27.4. The number of ether oxygens (including phenoxy) is 4. The van der Waals surface area contributed by atoms with Crippen LogP contribution in [0.25, 0.3) is 21.5 Å². The highest BCUT2D eigenvalue weighted by molar-refractivity contribution is 6.19. The van der Waals surface area contributed by atoms with Crippen molar-refractivity contribution in [3.8, 4) is 11.5 Å². The minimum atomic E-state index is -0.725. The van der Waals surface area contributed by atoms with Gasteiger partial charge < -0.3 is 54.7 Å². The summed E-state index contributed by atoms with van der Waals surface area (Å²) in [4.78, 5) is 97.4. The number of aromatic nitrogens is 2. The zero-order valence-corrected chi connectivity index (χ0v) is 52.8. The number of hydrogen-bond acceptors (Lipinski definition) is 11. The van der Waals surface area contributed by atoms with E-state index in [9.17, 15) is 33.6 Å². The smallest absolute Gasteiger partial charge is 0.414 e. The SMILES string of the molecule is Cn1cc(NC(=O)c2cc(NC(=O)CCC(=O)Nc3ccc4c5c(cc(OCc6ccccc6)c4c3)N(C(=O)OC(C)(C)C)CC5CCl)cn2C)cc1C(=O)NCC(=O)Nc1ccc2c3c(cc(OCc4ccccc4)c2c1)N(C(=O)OC(C)(C)C)CC3CCl. The first-order chi connectivity index (χ1) is 42.9. The number of carbonyl (C=O) groups excluding carboxylic acids is 7. The zero-order chi connectivity index (χ0) is 64.2. The van der Waals surface area contributed by atoms with Crippen molar-refractivity contribution in [2.75, 3.05) is 62.5 Å². The van der Waals surface area contributed by atoms with Gasteiger partial charge in [0, 0.05) is 110 Å².